The van der Waals surface area contributed by atoms with Gasteiger partial charge in [-0.3, -0.25) is 4.79 Å². The van der Waals surface area contributed by atoms with Crippen molar-refractivity contribution in [2.45, 2.75) is 39.3 Å². The summed E-state index contributed by atoms with van der Waals surface area (Å²) in [6, 6.07) is 25.4. The molecule has 1 aromatic heterocycles. The summed E-state index contributed by atoms with van der Waals surface area (Å²) in [6.07, 6.45) is 1.89. The van der Waals surface area contributed by atoms with E-state index in [0.29, 0.717) is 12.2 Å². The number of carbonyl (C=O) groups excluding carboxylic acids is 1. The van der Waals surface area contributed by atoms with Crippen LogP contribution >= 0.6 is 0 Å². The molecule has 0 aliphatic rings. The van der Waals surface area contributed by atoms with Crippen LogP contribution in [0.15, 0.2) is 78.9 Å². The molecule has 0 radical (unpaired) electrons. The van der Waals surface area contributed by atoms with E-state index in [1.807, 2.05) is 86.6 Å². The molecule has 1 N–H and O–H groups in total. The van der Waals surface area contributed by atoms with Gasteiger partial charge in [-0.15, -0.1) is 0 Å². The second-order valence-corrected chi connectivity index (χ2v) is 7.99. The fourth-order valence-corrected chi connectivity index (χ4v) is 3.91. The van der Waals surface area contributed by atoms with Gasteiger partial charge < -0.3 is 14.6 Å². The predicted molar refractivity (Wildman–Crippen MR) is 128 cm³/mol. The standard InChI is InChI=1S/C27H29N3O2/c1-20-12-6-7-15-23(20)27(31)28-21(2)26-29-24-16-8-9-17-25(24)30(26)18-10-11-19-32-22-13-4-3-5-14-22/h3-9,12-17,21H,10-11,18-19H2,1-2H3,(H,28,31). The van der Waals surface area contributed by atoms with Crippen LogP contribution in [-0.2, 0) is 6.54 Å². The number of imidazole rings is 1. The topological polar surface area (TPSA) is 56.2 Å². The lowest BCUT2D eigenvalue weighted by Gasteiger charge is -2.17. The van der Waals surface area contributed by atoms with Crippen molar-refractivity contribution >= 4 is 16.9 Å². The second kappa shape index (κ2) is 10.1. The Hall–Kier alpha value is -3.60. The summed E-state index contributed by atoms with van der Waals surface area (Å²) in [5.74, 6) is 1.69. The lowest BCUT2D eigenvalue weighted by atomic mass is 10.1. The zero-order chi connectivity index (χ0) is 22.3. The van der Waals surface area contributed by atoms with Gasteiger partial charge in [-0.1, -0.05) is 48.5 Å². The molecule has 0 saturated heterocycles. The monoisotopic (exact) mass is 427 g/mol. The third-order valence-electron chi connectivity index (χ3n) is 5.60. The van der Waals surface area contributed by atoms with Crippen LogP contribution < -0.4 is 10.1 Å². The van der Waals surface area contributed by atoms with E-state index in [4.69, 9.17) is 9.72 Å². The molecule has 164 valence electrons. The van der Waals surface area contributed by atoms with Crippen molar-refractivity contribution in [1.82, 2.24) is 14.9 Å². The van der Waals surface area contributed by atoms with Gasteiger partial charge in [0.1, 0.15) is 11.6 Å². The molecule has 1 heterocycles. The maximum atomic E-state index is 12.8. The van der Waals surface area contributed by atoms with Gasteiger partial charge in [-0.2, -0.15) is 0 Å². The fraction of sp³-hybridized carbons (Fsp3) is 0.259. The maximum absolute atomic E-state index is 12.8. The molecule has 0 aliphatic carbocycles. The lowest BCUT2D eigenvalue weighted by molar-refractivity contribution is 0.0937. The SMILES string of the molecule is Cc1ccccc1C(=O)NC(C)c1nc2ccccc2n1CCCCOc1ccccc1. The van der Waals surface area contributed by atoms with Crippen LogP contribution in [0.4, 0.5) is 0 Å². The third-order valence-corrected chi connectivity index (χ3v) is 5.60. The van der Waals surface area contributed by atoms with Crippen molar-refractivity contribution in [2.24, 2.45) is 0 Å². The maximum Gasteiger partial charge on any atom is 0.252 e. The van der Waals surface area contributed by atoms with Crippen LogP contribution in [0, 0.1) is 6.92 Å². The minimum absolute atomic E-state index is 0.0783. The molecule has 4 rings (SSSR count). The van der Waals surface area contributed by atoms with Crippen LogP contribution in [0.25, 0.3) is 11.0 Å². The van der Waals surface area contributed by atoms with E-state index in [1.165, 1.54) is 0 Å². The zero-order valence-corrected chi connectivity index (χ0v) is 18.6. The number of hydrogen-bond acceptors (Lipinski definition) is 3. The molecule has 0 spiro atoms. The van der Waals surface area contributed by atoms with Crippen molar-refractivity contribution in [3.63, 3.8) is 0 Å². The molecule has 32 heavy (non-hydrogen) atoms. The largest absolute Gasteiger partial charge is 0.494 e. The van der Waals surface area contributed by atoms with Gasteiger partial charge in [-0.05, 0) is 62.6 Å². The number of para-hydroxylation sites is 3. The van der Waals surface area contributed by atoms with Crippen LogP contribution in [0.1, 0.15) is 47.6 Å². The minimum Gasteiger partial charge on any atom is -0.494 e. The number of amides is 1. The normalized spacial score (nSPS) is 11.9. The number of hydrogen-bond donors (Lipinski definition) is 1. The van der Waals surface area contributed by atoms with Gasteiger partial charge in [0.25, 0.3) is 5.91 Å². The first kappa shape index (κ1) is 21.6. The first-order valence-electron chi connectivity index (χ1n) is 11.1. The van der Waals surface area contributed by atoms with E-state index in [0.717, 1.165) is 47.6 Å². The molecule has 1 atom stereocenters. The number of carbonyl (C=O) groups is 1. The highest BCUT2D eigenvalue weighted by Crippen LogP contribution is 2.22. The quantitative estimate of drug-likeness (QED) is 0.349. The fourth-order valence-electron chi connectivity index (χ4n) is 3.91. The van der Waals surface area contributed by atoms with Gasteiger partial charge >= 0.3 is 0 Å². The number of fused-ring (bicyclic) bond motifs is 1. The van der Waals surface area contributed by atoms with E-state index >= 15 is 0 Å². The first-order chi connectivity index (χ1) is 15.6. The molecule has 1 amide bonds. The molecule has 1 unspecified atom stereocenters. The van der Waals surface area contributed by atoms with Crippen LogP contribution in [0.2, 0.25) is 0 Å². The van der Waals surface area contributed by atoms with Crippen molar-refractivity contribution in [3.05, 3.63) is 95.8 Å². The van der Waals surface area contributed by atoms with Crippen molar-refractivity contribution < 1.29 is 9.53 Å². The van der Waals surface area contributed by atoms with Gasteiger partial charge in [0.05, 0.1) is 23.7 Å². The van der Waals surface area contributed by atoms with Gasteiger partial charge in [0.2, 0.25) is 0 Å². The second-order valence-electron chi connectivity index (χ2n) is 7.99. The number of rotatable bonds is 9. The van der Waals surface area contributed by atoms with Crippen molar-refractivity contribution in [1.29, 1.82) is 0 Å². The molecule has 0 bridgehead atoms. The Morgan fingerprint density at radius 2 is 1.69 bits per heavy atom. The highest BCUT2D eigenvalue weighted by atomic mass is 16.5. The molecule has 5 nitrogen and oxygen atoms in total. The summed E-state index contributed by atoms with van der Waals surface area (Å²) < 4.78 is 8.04. The highest BCUT2D eigenvalue weighted by molar-refractivity contribution is 5.95. The Bertz CT molecular complexity index is 1180. The Morgan fingerprint density at radius 3 is 2.50 bits per heavy atom. The first-order valence-corrected chi connectivity index (χ1v) is 11.1. The number of unbranched alkanes of at least 4 members (excludes halogenated alkanes) is 1. The van der Waals surface area contributed by atoms with Crippen LogP contribution in [0.3, 0.4) is 0 Å². The number of ether oxygens (including phenoxy) is 1. The van der Waals surface area contributed by atoms with Gasteiger partial charge in [0.15, 0.2) is 0 Å². The average molecular weight is 428 g/mol. The Kier molecular flexibility index (Phi) is 6.85. The van der Waals surface area contributed by atoms with Crippen molar-refractivity contribution in [2.75, 3.05) is 6.61 Å². The molecular weight excluding hydrogens is 398 g/mol. The molecule has 0 aliphatic heterocycles. The molecule has 0 fully saturated rings. The molecule has 4 aromatic rings. The summed E-state index contributed by atoms with van der Waals surface area (Å²) in [6.45, 7) is 5.43. The highest BCUT2D eigenvalue weighted by Gasteiger charge is 2.19. The Labute approximate surface area is 189 Å². The number of aryl methyl sites for hydroxylation is 2. The Morgan fingerprint density at radius 1 is 0.969 bits per heavy atom. The summed E-state index contributed by atoms with van der Waals surface area (Å²) in [7, 11) is 0. The number of aromatic nitrogens is 2. The van der Waals surface area contributed by atoms with Crippen molar-refractivity contribution in [3.8, 4) is 5.75 Å². The average Bonchev–Trinajstić information content (AvgIpc) is 3.18. The summed E-state index contributed by atoms with van der Waals surface area (Å²) in [4.78, 5) is 17.7. The van der Waals surface area contributed by atoms with Crippen LogP contribution in [0.5, 0.6) is 5.75 Å². The lowest BCUT2D eigenvalue weighted by Crippen LogP contribution is -2.29. The number of nitrogens with zero attached hydrogens (tertiary/aromatic N) is 2. The van der Waals surface area contributed by atoms with E-state index in [2.05, 4.69) is 16.0 Å². The molecule has 3 aromatic carbocycles. The smallest absolute Gasteiger partial charge is 0.252 e. The number of nitrogens with one attached hydrogen (secondary N) is 1. The zero-order valence-electron chi connectivity index (χ0n) is 18.6. The summed E-state index contributed by atoms with van der Waals surface area (Å²) in [5, 5.41) is 3.13. The molecule has 5 heteroatoms. The minimum atomic E-state index is -0.213. The van der Waals surface area contributed by atoms with Crippen LogP contribution in [-0.4, -0.2) is 22.1 Å². The summed E-state index contributed by atoms with van der Waals surface area (Å²) in [5.41, 5.74) is 3.69. The van der Waals surface area contributed by atoms with E-state index < -0.39 is 0 Å². The molecule has 0 saturated carbocycles. The van der Waals surface area contributed by atoms with Gasteiger partial charge in [-0.25, -0.2) is 4.98 Å². The molecular formula is C27H29N3O2. The number of benzene rings is 3. The van der Waals surface area contributed by atoms with E-state index in [9.17, 15) is 4.79 Å². The summed E-state index contributed by atoms with van der Waals surface area (Å²) >= 11 is 0. The third kappa shape index (κ3) is 4.99. The van der Waals surface area contributed by atoms with Gasteiger partial charge in [0, 0.05) is 12.1 Å². The van der Waals surface area contributed by atoms with E-state index in [1.54, 1.807) is 0 Å². The Balaban J connectivity index is 1.45. The van der Waals surface area contributed by atoms with E-state index in [-0.39, 0.29) is 11.9 Å². The predicted octanol–water partition coefficient (Wildman–Crippen LogP) is 5.69.